The molecule has 5 aromatic carbocycles. The number of anilines is 2. The van der Waals surface area contributed by atoms with Gasteiger partial charge >= 0.3 is 0 Å². The third-order valence-electron chi connectivity index (χ3n) is 9.06. The lowest BCUT2D eigenvalue weighted by Crippen LogP contribution is -2.37. The van der Waals surface area contributed by atoms with Crippen LogP contribution in [0.25, 0.3) is 17.0 Å². The molecule has 0 fully saturated rings. The Labute approximate surface area is 256 Å². The van der Waals surface area contributed by atoms with Crippen LogP contribution < -0.4 is 10.3 Å². The fraction of sp³-hybridized carbons (Fsp3) is 0.103. The van der Waals surface area contributed by atoms with E-state index < -0.39 is 0 Å². The highest BCUT2D eigenvalue weighted by molar-refractivity contribution is 5.99. The predicted octanol–water partition coefficient (Wildman–Crippen LogP) is 8.90. The van der Waals surface area contributed by atoms with E-state index in [0.717, 1.165) is 34.0 Å². The van der Waals surface area contributed by atoms with Gasteiger partial charge in [-0.25, -0.2) is 10.4 Å². The molecule has 0 bridgehead atoms. The van der Waals surface area contributed by atoms with Gasteiger partial charge in [-0.15, -0.1) is 0 Å². The molecule has 0 amide bonds. The van der Waals surface area contributed by atoms with Gasteiger partial charge in [-0.3, -0.25) is 5.01 Å². The topological polar surface area (TPSA) is 44.0 Å². The van der Waals surface area contributed by atoms with E-state index in [0.29, 0.717) is 6.54 Å². The van der Waals surface area contributed by atoms with Crippen LogP contribution in [0.5, 0.6) is 0 Å². The standard InChI is InChI=1S/C39H30N4O/c1-3-11-27(12-4-1)38-40-39(28-13-5-2-6-14-28)42(41-38)25-26-19-21-29(22-20-26)43-34-17-9-7-15-30(34)32-23-24-33-31-16-8-10-18-35(31)44-37(33)36(32)43/h1-24,32,36,38,41H,25H2. The van der Waals surface area contributed by atoms with Crippen LogP contribution in [0, 0.1) is 0 Å². The van der Waals surface area contributed by atoms with E-state index in [9.17, 15) is 0 Å². The van der Waals surface area contributed by atoms with Crippen molar-refractivity contribution in [3.05, 3.63) is 173 Å². The maximum Gasteiger partial charge on any atom is 0.147 e. The zero-order chi connectivity index (χ0) is 29.0. The van der Waals surface area contributed by atoms with Gasteiger partial charge in [0.15, 0.2) is 0 Å². The minimum atomic E-state index is -0.124. The zero-order valence-electron chi connectivity index (χ0n) is 24.0. The smallest absolute Gasteiger partial charge is 0.147 e. The van der Waals surface area contributed by atoms with E-state index in [1.807, 2.05) is 18.2 Å². The summed E-state index contributed by atoms with van der Waals surface area (Å²) in [5.41, 5.74) is 13.0. The van der Waals surface area contributed by atoms with E-state index in [1.165, 1.54) is 27.8 Å². The molecule has 9 rings (SSSR count). The van der Waals surface area contributed by atoms with E-state index >= 15 is 0 Å². The average molecular weight is 571 g/mol. The molecule has 3 heterocycles. The van der Waals surface area contributed by atoms with Crippen molar-refractivity contribution in [3.8, 4) is 0 Å². The number of amidine groups is 1. The Morgan fingerprint density at radius 2 is 1.45 bits per heavy atom. The van der Waals surface area contributed by atoms with Gasteiger partial charge in [0.2, 0.25) is 0 Å². The van der Waals surface area contributed by atoms with Crippen LogP contribution in [0.4, 0.5) is 11.4 Å². The molecule has 0 spiro atoms. The molecule has 3 aliphatic rings. The third-order valence-corrected chi connectivity index (χ3v) is 9.06. The van der Waals surface area contributed by atoms with Gasteiger partial charge in [0.1, 0.15) is 29.4 Å². The van der Waals surface area contributed by atoms with Crippen LogP contribution >= 0.6 is 0 Å². The van der Waals surface area contributed by atoms with Gasteiger partial charge in [0, 0.05) is 33.8 Å². The quantitative estimate of drug-likeness (QED) is 0.225. The molecule has 0 radical (unpaired) electrons. The van der Waals surface area contributed by atoms with Crippen LogP contribution in [0.1, 0.15) is 51.7 Å². The Bertz CT molecular complexity index is 2050. The summed E-state index contributed by atoms with van der Waals surface area (Å²) in [6, 6.07) is 47.0. The first-order valence-corrected chi connectivity index (χ1v) is 15.2. The summed E-state index contributed by atoms with van der Waals surface area (Å²) in [4.78, 5) is 7.57. The fourth-order valence-corrected chi connectivity index (χ4v) is 7.03. The molecule has 1 aliphatic carbocycles. The van der Waals surface area contributed by atoms with Crippen molar-refractivity contribution in [2.75, 3.05) is 4.90 Å². The van der Waals surface area contributed by atoms with Crippen molar-refractivity contribution in [2.45, 2.75) is 24.7 Å². The highest BCUT2D eigenvalue weighted by Gasteiger charge is 2.44. The van der Waals surface area contributed by atoms with Crippen molar-refractivity contribution in [1.82, 2.24) is 10.4 Å². The van der Waals surface area contributed by atoms with E-state index in [1.54, 1.807) is 0 Å². The van der Waals surface area contributed by atoms with Crippen molar-refractivity contribution >= 4 is 34.3 Å². The van der Waals surface area contributed by atoms with Crippen molar-refractivity contribution in [3.63, 3.8) is 0 Å². The van der Waals surface area contributed by atoms with Gasteiger partial charge in [-0.05, 0) is 41.0 Å². The second-order valence-electron chi connectivity index (χ2n) is 11.6. The molecular formula is C39H30N4O. The molecule has 5 nitrogen and oxygen atoms in total. The van der Waals surface area contributed by atoms with Crippen LogP contribution in [0.15, 0.2) is 149 Å². The fourth-order valence-electron chi connectivity index (χ4n) is 7.03. The lowest BCUT2D eigenvalue weighted by Gasteiger charge is -2.31. The summed E-state index contributed by atoms with van der Waals surface area (Å²) >= 11 is 0. The SMILES string of the molecule is C1=CC2c3ccccc3N(c3ccc(CN4NC(c5ccccc5)N=C4c4ccccc4)cc3)C2c2oc3ccccc3c21. The van der Waals surface area contributed by atoms with Gasteiger partial charge in [0.25, 0.3) is 0 Å². The molecule has 3 unspecified atom stereocenters. The summed E-state index contributed by atoms with van der Waals surface area (Å²) in [6.07, 6.45) is 4.49. The largest absolute Gasteiger partial charge is 0.458 e. The van der Waals surface area contributed by atoms with Crippen molar-refractivity contribution < 1.29 is 4.42 Å². The van der Waals surface area contributed by atoms with Crippen LogP contribution in [0.2, 0.25) is 0 Å². The number of furan rings is 1. The highest BCUT2D eigenvalue weighted by atomic mass is 16.3. The number of hydrazine groups is 1. The Balaban J connectivity index is 1.05. The molecule has 44 heavy (non-hydrogen) atoms. The second-order valence-corrected chi connectivity index (χ2v) is 11.6. The number of aliphatic imine (C=N–C) groups is 1. The van der Waals surface area contributed by atoms with E-state index in [-0.39, 0.29) is 18.1 Å². The number of hydrogen-bond donors (Lipinski definition) is 1. The Kier molecular flexibility index (Phi) is 5.78. The minimum absolute atomic E-state index is 0.0642. The number of benzene rings is 5. The zero-order valence-corrected chi connectivity index (χ0v) is 24.0. The third kappa shape index (κ3) is 4.01. The van der Waals surface area contributed by atoms with Gasteiger partial charge < -0.3 is 9.32 Å². The van der Waals surface area contributed by atoms with Crippen LogP contribution in [-0.2, 0) is 6.54 Å². The van der Waals surface area contributed by atoms with Crippen LogP contribution in [-0.4, -0.2) is 10.8 Å². The number of nitrogens with one attached hydrogen (secondary N) is 1. The highest BCUT2D eigenvalue weighted by Crippen LogP contribution is 2.56. The molecular weight excluding hydrogens is 540 g/mol. The summed E-state index contributed by atoms with van der Waals surface area (Å²) in [6.45, 7) is 0.691. The normalized spacial score (nSPS) is 20.0. The Morgan fingerprint density at radius 3 is 2.30 bits per heavy atom. The molecule has 1 N–H and O–H groups in total. The first-order valence-electron chi connectivity index (χ1n) is 15.2. The molecule has 1 aromatic heterocycles. The maximum absolute atomic E-state index is 6.58. The number of rotatable bonds is 5. The maximum atomic E-state index is 6.58. The lowest BCUT2D eigenvalue weighted by molar-refractivity contribution is 0.293. The Hall–Kier alpha value is -5.39. The van der Waals surface area contributed by atoms with Gasteiger partial charge in [-0.2, -0.15) is 0 Å². The van der Waals surface area contributed by atoms with E-state index in [4.69, 9.17) is 9.41 Å². The summed E-state index contributed by atoms with van der Waals surface area (Å²) in [5.74, 6) is 2.22. The van der Waals surface area contributed by atoms with Crippen LogP contribution in [0.3, 0.4) is 0 Å². The number of nitrogens with zero attached hydrogens (tertiary/aromatic N) is 3. The molecule has 212 valence electrons. The van der Waals surface area contributed by atoms with Gasteiger partial charge in [-0.1, -0.05) is 121 Å². The molecule has 2 aliphatic heterocycles. The number of para-hydroxylation sites is 2. The van der Waals surface area contributed by atoms with Crippen molar-refractivity contribution in [1.29, 1.82) is 0 Å². The molecule has 0 saturated carbocycles. The molecule has 5 heteroatoms. The summed E-state index contributed by atoms with van der Waals surface area (Å²) in [5, 5.41) is 3.35. The van der Waals surface area contributed by atoms with Gasteiger partial charge in [0.05, 0.1) is 6.54 Å². The second kappa shape index (κ2) is 10.1. The monoisotopic (exact) mass is 570 g/mol. The minimum Gasteiger partial charge on any atom is -0.458 e. The Morgan fingerprint density at radius 1 is 0.727 bits per heavy atom. The van der Waals surface area contributed by atoms with Crippen molar-refractivity contribution in [2.24, 2.45) is 4.99 Å². The first kappa shape index (κ1) is 25.1. The molecule has 6 aromatic rings. The first-order chi connectivity index (χ1) is 21.8. The lowest BCUT2D eigenvalue weighted by atomic mass is 9.86. The summed E-state index contributed by atoms with van der Waals surface area (Å²) < 4.78 is 6.58. The summed E-state index contributed by atoms with van der Waals surface area (Å²) in [7, 11) is 0. The molecule has 3 atom stereocenters. The molecule has 0 saturated heterocycles. The predicted molar refractivity (Wildman–Crippen MR) is 177 cm³/mol. The number of fused-ring (bicyclic) bond motifs is 7. The van der Waals surface area contributed by atoms with E-state index in [2.05, 4.69) is 143 Å². The number of hydrogen-bond acceptors (Lipinski definition) is 5. The average Bonchev–Trinajstić information content (AvgIpc) is 3.78.